The lowest BCUT2D eigenvalue weighted by Crippen LogP contribution is -2.22. The van der Waals surface area contributed by atoms with Gasteiger partial charge >= 0.3 is 0 Å². The zero-order chi connectivity index (χ0) is 17.9. The molecule has 0 fully saturated rings. The van der Waals surface area contributed by atoms with Crippen molar-refractivity contribution in [3.63, 3.8) is 0 Å². The van der Waals surface area contributed by atoms with Gasteiger partial charge in [0, 0.05) is 17.8 Å². The number of pyridine rings is 1. The quantitative estimate of drug-likeness (QED) is 0.605. The van der Waals surface area contributed by atoms with Gasteiger partial charge < -0.3 is 9.73 Å². The summed E-state index contributed by atoms with van der Waals surface area (Å²) in [7, 11) is 0. The molecule has 5 heteroatoms. The summed E-state index contributed by atoms with van der Waals surface area (Å²) in [6.45, 7) is 2.40. The number of fused-ring (bicyclic) bond motifs is 1. The minimum absolute atomic E-state index is 0.151. The molecule has 0 saturated carbocycles. The fourth-order valence-electron chi connectivity index (χ4n) is 2.72. The third-order valence-electron chi connectivity index (χ3n) is 4.05. The second kappa shape index (κ2) is 6.80. The Labute approximate surface area is 150 Å². The summed E-state index contributed by atoms with van der Waals surface area (Å²) < 4.78 is 5.81. The van der Waals surface area contributed by atoms with Gasteiger partial charge in [-0.15, -0.1) is 0 Å². The first-order valence-electron chi connectivity index (χ1n) is 8.36. The number of aromatic nitrogens is 2. The van der Waals surface area contributed by atoms with Crippen molar-refractivity contribution in [2.24, 2.45) is 0 Å². The van der Waals surface area contributed by atoms with Gasteiger partial charge in [0.05, 0.1) is 0 Å². The molecule has 128 valence electrons. The van der Waals surface area contributed by atoms with Crippen LogP contribution < -0.4 is 5.32 Å². The third kappa shape index (κ3) is 3.32. The molecule has 0 radical (unpaired) electrons. The highest BCUT2D eigenvalue weighted by atomic mass is 16.3. The monoisotopic (exact) mass is 343 g/mol. The van der Waals surface area contributed by atoms with E-state index >= 15 is 0 Å². The molecule has 4 aromatic rings. The largest absolute Gasteiger partial charge is 0.435 e. The van der Waals surface area contributed by atoms with Gasteiger partial charge in [-0.3, -0.25) is 4.79 Å². The van der Waals surface area contributed by atoms with Crippen molar-refractivity contribution in [3.05, 3.63) is 83.6 Å². The number of amides is 1. The maximum atomic E-state index is 12.4. The van der Waals surface area contributed by atoms with Crippen molar-refractivity contribution in [2.45, 2.75) is 13.5 Å². The number of nitrogens with one attached hydrogen (secondary N) is 1. The van der Waals surface area contributed by atoms with Crippen molar-refractivity contribution in [1.82, 2.24) is 15.3 Å². The summed E-state index contributed by atoms with van der Waals surface area (Å²) in [6, 6.07) is 20.7. The van der Waals surface area contributed by atoms with E-state index in [-0.39, 0.29) is 5.91 Å². The van der Waals surface area contributed by atoms with E-state index in [1.165, 1.54) is 0 Å². The van der Waals surface area contributed by atoms with Crippen LogP contribution in [-0.2, 0) is 6.54 Å². The smallest absolute Gasteiger partial charge is 0.251 e. The molecule has 1 amide bonds. The van der Waals surface area contributed by atoms with E-state index in [2.05, 4.69) is 15.3 Å². The maximum Gasteiger partial charge on any atom is 0.251 e. The Morgan fingerprint density at radius 2 is 1.85 bits per heavy atom. The highest BCUT2D eigenvalue weighted by Gasteiger charge is 2.12. The molecule has 5 nitrogen and oxygen atoms in total. The van der Waals surface area contributed by atoms with E-state index in [0.29, 0.717) is 34.8 Å². The van der Waals surface area contributed by atoms with Gasteiger partial charge in [-0.05, 0) is 42.8 Å². The van der Waals surface area contributed by atoms with Crippen LogP contribution in [0.5, 0.6) is 0 Å². The SMILES string of the molecule is Cc1cccc(-c2nc3ccc(C(=O)NCc4ccccc4)cc3o2)n1. The van der Waals surface area contributed by atoms with Crippen LogP contribution in [0.4, 0.5) is 0 Å². The second-order valence-electron chi connectivity index (χ2n) is 6.03. The van der Waals surface area contributed by atoms with E-state index < -0.39 is 0 Å². The molecule has 0 saturated heterocycles. The fourth-order valence-corrected chi connectivity index (χ4v) is 2.72. The van der Waals surface area contributed by atoms with E-state index in [9.17, 15) is 4.79 Å². The Morgan fingerprint density at radius 3 is 2.65 bits per heavy atom. The lowest BCUT2D eigenvalue weighted by Gasteiger charge is -2.05. The van der Waals surface area contributed by atoms with Crippen LogP contribution >= 0.6 is 0 Å². The lowest BCUT2D eigenvalue weighted by molar-refractivity contribution is 0.0951. The Morgan fingerprint density at radius 1 is 1.00 bits per heavy atom. The van der Waals surface area contributed by atoms with Crippen molar-refractivity contribution in [1.29, 1.82) is 0 Å². The van der Waals surface area contributed by atoms with Gasteiger partial charge in [0.2, 0.25) is 5.89 Å². The summed E-state index contributed by atoms with van der Waals surface area (Å²) in [5.74, 6) is 0.299. The zero-order valence-corrected chi connectivity index (χ0v) is 14.3. The Balaban J connectivity index is 1.56. The number of oxazole rings is 1. The van der Waals surface area contributed by atoms with Crippen LogP contribution in [0.3, 0.4) is 0 Å². The van der Waals surface area contributed by atoms with Gasteiger partial charge in [0.25, 0.3) is 5.91 Å². The molecule has 26 heavy (non-hydrogen) atoms. The molecule has 0 aliphatic rings. The number of nitrogens with zero attached hydrogens (tertiary/aromatic N) is 2. The summed E-state index contributed by atoms with van der Waals surface area (Å²) in [5.41, 5.74) is 4.42. The normalized spacial score (nSPS) is 10.8. The van der Waals surface area contributed by atoms with Gasteiger partial charge in [-0.25, -0.2) is 9.97 Å². The van der Waals surface area contributed by atoms with E-state index in [1.54, 1.807) is 18.2 Å². The van der Waals surface area contributed by atoms with Gasteiger partial charge in [0.15, 0.2) is 5.58 Å². The average Bonchev–Trinajstić information content (AvgIpc) is 3.10. The minimum atomic E-state index is -0.151. The number of carbonyl (C=O) groups excluding carboxylic acids is 1. The van der Waals surface area contributed by atoms with Crippen LogP contribution in [0, 0.1) is 6.92 Å². The molecule has 2 aromatic carbocycles. The molecule has 2 aromatic heterocycles. The van der Waals surface area contributed by atoms with Crippen molar-refractivity contribution < 1.29 is 9.21 Å². The molecule has 1 N–H and O–H groups in total. The van der Waals surface area contributed by atoms with Gasteiger partial charge in [-0.2, -0.15) is 0 Å². The molecular weight excluding hydrogens is 326 g/mol. The zero-order valence-electron chi connectivity index (χ0n) is 14.3. The average molecular weight is 343 g/mol. The summed E-state index contributed by atoms with van der Waals surface area (Å²) >= 11 is 0. The van der Waals surface area contributed by atoms with E-state index in [0.717, 1.165) is 11.3 Å². The Bertz CT molecular complexity index is 1070. The molecule has 2 heterocycles. The van der Waals surface area contributed by atoms with E-state index in [1.807, 2.05) is 55.5 Å². The van der Waals surface area contributed by atoms with Crippen LogP contribution in [0.1, 0.15) is 21.6 Å². The lowest BCUT2D eigenvalue weighted by atomic mass is 10.2. The topological polar surface area (TPSA) is 68.0 Å². The number of benzene rings is 2. The molecule has 0 aliphatic heterocycles. The predicted octanol–water partition coefficient (Wildman–Crippen LogP) is 4.13. The standard InChI is InChI=1S/C21H17N3O2/c1-14-6-5-9-18(23-14)21-24-17-11-10-16(12-19(17)26-21)20(25)22-13-15-7-3-2-4-8-15/h2-12H,13H2,1H3,(H,22,25). The third-order valence-corrected chi connectivity index (χ3v) is 4.05. The minimum Gasteiger partial charge on any atom is -0.435 e. The first kappa shape index (κ1) is 16.0. The summed E-state index contributed by atoms with van der Waals surface area (Å²) in [5, 5.41) is 2.91. The molecule has 0 unspecified atom stereocenters. The first-order valence-corrected chi connectivity index (χ1v) is 8.36. The van der Waals surface area contributed by atoms with Crippen LogP contribution in [0.2, 0.25) is 0 Å². The van der Waals surface area contributed by atoms with Gasteiger partial charge in [-0.1, -0.05) is 36.4 Å². The predicted molar refractivity (Wildman–Crippen MR) is 99.6 cm³/mol. The molecule has 0 atom stereocenters. The number of carbonyl (C=O) groups is 1. The summed E-state index contributed by atoms with van der Waals surface area (Å²) in [4.78, 5) is 21.3. The molecule has 0 spiro atoms. The number of rotatable bonds is 4. The maximum absolute atomic E-state index is 12.4. The van der Waals surface area contributed by atoms with Crippen molar-refractivity contribution in [2.75, 3.05) is 0 Å². The van der Waals surface area contributed by atoms with Crippen molar-refractivity contribution in [3.8, 4) is 11.6 Å². The van der Waals surface area contributed by atoms with Gasteiger partial charge in [0.1, 0.15) is 11.2 Å². The van der Waals surface area contributed by atoms with Crippen LogP contribution in [0.15, 0.2) is 71.1 Å². The first-order chi connectivity index (χ1) is 12.7. The van der Waals surface area contributed by atoms with Crippen molar-refractivity contribution >= 4 is 17.0 Å². The molecular formula is C21H17N3O2. The van der Waals surface area contributed by atoms with Crippen LogP contribution in [-0.4, -0.2) is 15.9 Å². The Kier molecular flexibility index (Phi) is 4.19. The van der Waals surface area contributed by atoms with Crippen LogP contribution in [0.25, 0.3) is 22.7 Å². The molecule has 0 aliphatic carbocycles. The van der Waals surface area contributed by atoms with E-state index in [4.69, 9.17) is 4.42 Å². The fraction of sp³-hybridized carbons (Fsp3) is 0.0952. The number of aryl methyl sites for hydroxylation is 1. The highest BCUT2D eigenvalue weighted by molar-refractivity contribution is 5.97. The number of hydrogen-bond donors (Lipinski definition) is 1. The Hall–Kier alpha value is -3.47. The highest BCUT2D eigenvalue weighted by Crippen LogP contribution is 2.24. The summed E-state index contributed by atoms with van der Waals surface area (Å²) in [6.07, 6.45) is 0. The second-order valence-corrected chi connectivity index (χ2v) is 6.03. The molecule has 4 rings (SSSR count). The molecule has 0 bridgehead atoms. The number of hydrogen-bond acceptors (Lipinski definition) is 4.